The van der Waals surface area contributed by atoms with Crippen LogP contribution in [-0.4, -0.2) is 69.4 Å². The lowest BCUT2D eigenvalue weighted by atomic mass is 10.1. The Morgan fingerprint density at radius 2 is 0.910 bits per heavy atom. The molecular weight excluding hydrogens is 856 g/mol. The van der Waals surface area contributed by atoms with Crippen molar-refractivity contribution in [3.8, 4) is 0 Å². The summed E-state index contributed by atoms with van der Waals surface area (Å²) in [6, 6.07) is -0.893. The zero-order valence-corrected chi connectivity index (χ0v) is 45.5. The van der Waals surface area contributed by atoms with Gasteiger partial charge in [-0.15, -0.1) is 0 Å². The van der Waals surface area contributed by atoms with Gasteiger partial charge in [-0.25, -0.2) is 0 Å². The molecule has 0 fully saturated rings. The Labute approximate surface area is 414 Å². The molecule has 0 saturated carbocycles. The molecule has 0 radical (unpaired) electrons. The Hall–Kier alpha value is -2.03. The van der Waals surface area contributed by atoms with Crippen molar-refractivity contribution in [3.63, 3.8) is 0 Å². The maximum atomic E-state index is 13.4. The molecule has 3 atom stereocenters. The SMILES string of the molecule is CCCCC/C=C/C=C/CCCCCCCCC(=O)NC(COP(=O)([O-])OCC[N+](C)(C)C)C(/C=C/CCCCCCCCCCC)OC(=O)CCCCCCCCC/C=C\CCCCCC. The van der Waals surface area contributed by atoms with Crippen LogP contribution in [0.15, 0.2) is 48.6 Å². The van der Waals surface area contributed by atoms with E-state index in [1.165, 1.54) is 116 Å². The molecule has 9 nitrogen and oxygen atoms in total. The van der Waals surface area contributed by atoms with E-state index in [2.05, 4.69) is 62.5 Å². The molecule has 0 aromatic rings. The van der Waals surface area contributed by atoms with Crippen LogP contribution < -0.4 is 10.2 Å². The first-order valence-electron chi connectivity index (χ1n) is 28.0. The van der Waals surface area contributed by atoms with Crippen LogP contribution in [0.2, 0.25) is 0 Å². The monoisotopic (exact) mass is 963 g/mol. The van der Waals surface area contributed by atoms with Crippen LogP contribution in [-0.2, 0) is 27.9 Å². The number of phosphoric acid groups is 1. The number of likely N-dealkylation sites (N-methyl/N-ethyl adjacent to an activating group) is 1. The molecule has 3 unspecified atom stereocenters. The smallest absolute Gasteiger partial charge is 0.306 e. The normalized spacial score (nSPS) is 14.2. The topological polar surface area (TPSA) is 114 Å². The number of quaternary nitrogens is 1. The number of carbonyl (C=O) groups is 2. The van der Waals surface area contributed by atoms with E-state index >= 15 is 0 Å². The van der Waals surface area contributed by atoms with Crippen LogP contribution >= 0.6 is 7.82 Å². The number of nitrogens with one attached hydrogen (secondary N) is 1. The molecule has 0 aliphatic rings. The minimum absolute atomic E-state index is 0.0256. The molecule has 67 heavy (non-hydrogen) atoms. The molecule has 0 aliphatic carbocycles. The van der Waals surface area contributed by atoms with E-state index in [1.54, 1.807) is 0 Å². The summed E-state index contributed by atoms with van der Waals surface area (Å²) in [5.74, 6) is -0.558. The van der Waals surface area contributed by atoms with Gasteiger partial charge in [0.1, 0.15) is 19.3 Å². The first-order chi connectivity index (χ1) is 32.4. The number of hydrogen-bond acceptors (Lipinski definition) is 7. The third kappa shape index (κ3) is 48.8. The van der Waals surface area contributed by atoms with Gasteiger partial charge in [-0.05, 0) is 83.1 Å². The Bertz CT molecular complexity index is 1290. The average molecular weight is 963 g/mol. The van der Waals surface area contributed by atoms with Gasteiger partial charge in [0, 0.05) is 12.8 Å². The lowest BCUT2D eigenvalue weighted by Crippen LogP contribution is -2.47. The molecule has 10 heteroatoms. The highest BCUT2D eigenvalue weighted by Crippen LogP contribution is 2.38. The van der Waals surface area contributed by atoms with E-state index in [-0.39, 0.29) is 24.9 Å². The van der Waals surface area contributed by atoms with Crippen molar-refractivity contribution in [2.75, 3.05) is 40.9 Å². The van der Waals surface area contributed by atoms with Crippen LogP contribution in [0.1, 0.15) is 252 Å². The quantitative estimate of drug-likeness (QED) is 0.0161. The number of nitrogens with zero attached hydrogens (tertiary/aromatic N) is 1. The van der Waals surface area contributed by atoms with Crippen LogP contribution in [0, 0.1) is 0 Å². The van der Waals surface area contributed by atoms with Gasteiger partial charge in [0.25, 0.3) is 7.82 Å². The van der Waals surface area contributed by atoms with Gasteiger partial charge in [0.05, 0.1) is 33.8 Å². The number of phosphoric ester groups is 1. The van der Waals surface area contributed by atoms with Gasteiger partial charge in [-0.2, -0.15) is 0 Å². The lowest BCUT2D eigenvalue weighted by Gasteiger charge is -2.30. The molecule has 0 bridgehead atoms. The van der Waals surface area contributed by atoms with Gasteiger partial charge in [0.15, 0.2) is 0 Å². The zero-order chi connectivity index (χ0) is 49.4. The summed E-state index contributed by atoms with van der Waals surface area (Å²) in [7, 11) is 1.17. The van der Waals surface area contributed by atoms with Crippen molar-refractivity contribution in [2.45, 2.75) is 264 Å². The fourth-order valence-corrected chi connectivity index (χ4v) is 8.58. The second-order valence-electron chi connectivity index (χ2n) is 20.1. The van der Waals surface area contributed by atoms with Gasteiger partial charge in [-0.3, -0.25) is 14.2 Å². The van der Waals surface area contributed by atoms with Crippen molar-refractivity contribution in [1.29, 1.82) is 0 Å². The van der Waals surface area contributed by atoms with Crippen molar-refractivity contribution in [3.05, 3.63) is 48.6 Å². The van der Waals surface area contributed by atoms with E-state index in [0.29, 0.717) is 17.4 Å². The summed E-state index contributed by atoms with van der Waals surface area (Å²) in [5, 5.41) is 3.01. The summed E-state index contributed by atoms with van der Waals surface area (Å²) < 4.78 is 30.2. The molecule has 392 valence electrons. The van der Waals surface area contributed by atoms with Gasteiger partial charge < -0.3 is 28.5 Å². The molecule has 1 N–H and O–H groups in total. The van der Waals surface area contributed by atoms with Gasteiger partial charge >= 0.3 is 5.97 Å². The maximum Gasteiger partial charge on any atom is 0.306 e. The van der Waals surface area contributed by atoms with Crippen LogP contribution in [0.3, 0.4) is 0 Å². The summed E-state index contributed by atoms with van der Waals surface area (Å²) in [5.41, 5.74) is 0. The number of carbonyl (C=O) groups excluding carboxylic acids is 2. The lowest BCUT2D eigenvalue weighted by molar-refractivity contribution is -0.870. The third-order valence-electron chi connectivity index (χ3n) is 12.3. The number of rotatable bonds is 50. The second kappa shape index (κ2) is 47.6. The summed E-state index contributed by atoms with van der Waals surface area (Å²) in [6.07, 6.45) is 56.4. The molecule has 0 spiro atoms. The Balaban J connectivity index is 5.37. The standard InChI is InChI=1S/C57H107N2O7P/c1-7-10-13-16-19-22-25-27-29-31-34-37-40-43-46-49-56(60)58-54(53-65-67(62,63)64-52-51-59(4,5)6)55(48-45-42-39-36-33-24-21-18-15-12-9-3)66-57(61)50-47-44-41-38-35-32-30-28-26-23-20-17-14-11-8-2/h19,22-23,25-27,45,48,54-55H,7-18,20-21,24,28-44,46-47,49-53H2,1-6H3,(H-,58,60,62,63)/b22-19+,26-23-,27-25+,48-45+. The van der Waals surface area contributed by atoms with Crippen molar-refractivity contribution >= 4 is 19.7 Å². The number of amides is 1. The number of allylic oxidation sites excluding steroid dienone is 7. The largest absolute Gasteiger partial charge is 0.756 e. The molecule has 0 aromatic carbocycles. The van der Waals surface area contributed by atoms with Gasteiger partial charge in [-0.1, -0.05) is 205 Å². The minimum atomic E-state index is -4.69. The molecule has 0 rings (SSSR count). The minimum Gasteiger partial charge on any atom is -0.756 e. The Kier molecular flexibility index (Phi) is 46.2. The highest BCUT2D eigenvalue weighted by atomic mass is 31.2. The Morgan fingerprint density at radius 1 is 0.522 bits per heavy atom. The third-order valence-corrected chi connectivity index (χ3v) is 13.2. The Morgan fingerprint density at radius 3 is 1.40 bits per heavy atom. The van der Waals surface area contributed by atoms with Crippen molar-refractivity contribution in [1.82, 2.24) is 5.32 Å². The number of hydrogen-bond donors (Lipinski definition) is 1. The van der Waals surface area contributed by atoms with Crippen LogP contribution in [0.5, 0.6) is 0 Å². The van der Waals surface area contributed by atoms with Crippen molar-refractivity contribution in [2.24, 2.45) is 0 Å². The fourth-order valence-electron chi connectivity index (χ4n) is 7.86. The van der Waals surface area contributed by atoms with E-state index in [1.807, 2.05) is 33.3 Å². The van der Waals surface area contributed by atoms with E-state index in [9.17, 15) is 19.0 Å². The first kappa shape index (κ1) is 65.0. The molecule has 0 aromatic heterocycles. The predicted octanol–water partition coefficient (Wildman–Crippen LogP) is 15.9. The zero-order valence-electron chi connectivity index (χ0n) is 44.6. The summed E-state index contributed by atoms with van der Waals surface area (Å²) in [4.78, 5) is 39.8. The number of ether oxygens (including phenoxy) is 1. The molecular formula is C57H107N2O7P. The number of esters is 1. The van der Waals surface area contributed by atoms with E-state index in [0.717, 1.165) is 103 Å². The van der Waals surface area contributed by atoms with E-state index < -0.39 is 26.6 Å². The van der Waals surface area contributed by atoms with Crippen LogP contribution in [0.25, 0.3) is 0 Å². The van der Waals surface area contributed by atoms with Crippen LogP contribution in [0.4, 0.5) is 0 Å². The van der Waals surface area contributed by atoms with Crippen molar-refractivity contribution < 1.29 is 37.3 Å². The van der Waals surface area contributed by atoms with Gasteiger partial charge in [0.2, 0.25) is 5.91 Å². The summed E-state index contributed by atoms with van der Waals surface area (Å²) in [6.45, 7) is 6.78. The predicted molar refractivity (Wildman–Crippen MR) is 284 cm³/mol. The fraction of sp³-hybridized carbons (Fsp3) is 0.825. The highest BCUT2D eigenvalue weighted by molar-refractivity contribution is 7.45. The van der Waals surface area contributed by atoms with E-state index in [4.69, 9.17) is 13.8 Å². The molecule has 0 saturated heterocycles. The highest BCUT2D eigenvalue weighted by Gasteiger charge is 2.27. The maximum absolute atomic E-state index is 13.4. The first-order valence-corrected chi connectivity index (χ1v) is 29.4. The molecule has 1 amide bonds. The average Bonchev–Trinajstić information content (AvgIpc) is 3.28. The molecule has 0 aliphatic heterocycles. The molecule has 0 heterocycles. The second-order valence-corrected chi connectivity index (χ2v) is 21.5. The number of unbranched alkanes of at least 4 members (excludes halogenated alkanes) is 29. The summed E-state index contributed by atoms with van der Waals surface area (Å²) >= 11 is 0.